The molecule has 2 aromatic heterocycles. The van der Waals surface area contributed by atoms with Crippen molar-refractivity contribution in [3.05, 3.63) is 63.5 Å². The van der Waals surface area contributed by atoms with E-state index in [1.165, 1.54) is 29.7 Å². The summed E-state index contributed by atoms with van der Waals surface area (Å²) >= 11 is 1.76. The van der Waals surface area contributed by atoms with E-state index >= 15 is 0 Å². The number of aromatic nitrogens is 1. The van der Waals surface area contributed by atoms with Gasteiger partial charge in [-0.1, -0.05) is 12.1 Å². The molecule has 1 aromatic carbocycles. The van der Waals surface area contributed by atoms with E-state index in [1.54, 1.807) is 17.5 Å². The highest BCUT2D eigenvalue weighted by molar-refractivity contribution is 7.12. The van der Waals surface area contributed by atoms with Crippen LogP contribution in [0.2, 0.25) is 0 Å². The molecule has 3 heteroatoms. The van der Waals surface area contributed by atoms with Crippen molar-refractivity contribution in [2.24, 2.45) is 0 Å². The summed E-state index contributed by atoms with van der Waals surface area (Å²) in [5.41, 5.74) is 3.36. The van der Waals surface area contributed by atoms with Crippen LogP contribution in [0.3, 0.4) is 0 Å². The number of fused-ring (bicyclic) bond motifs is 2. The van der Waals surface area contributed by atoms with Crippen molar-refractivity contribution >= 4 is 22.2 Å². The summed E-state index contributed by atoms with van der Waals surface area (Å²) < 4.78 is 0. The summed E-state index contributed by atoms with van der Waals surface area (Å²) in [6, 6.07) is 12.1. The molecule has 2 heterocycles. The molecule has 1 N–H and O–H groups in total. The number of benzene rings is 1. The maximum atomic E-state index is 10.6. The first-order valence-corrected chi connectivity index (χ1v) is 7.77. The second-order valence-electron chi connectivity index (χ2n) is 5.31. The number of aliphatic hydroxyl groups is 1. The SMILES string of the molecule is OC(c1ccc2ncccc2c1)c1cc2c(s1)CCC2. The second kappa shape index (κ2) is 4.69. The molecule has 0 amide bonds. The summed E-state index contributed by atoms with van der Waals surface area (Å²) in [4.78, 5) is 6.84. The maximum Gasteiger partial charge on any atom is 0.113 e. The number of hydrogen-bond donors (Lipinski definition) is 1. The summed E-state index contributed by atoms with van der Waals surface area (Å²) in [7, 11) is 0. The van der Waals surface area contributed by atoms with Crippen LogP contribution in [0.1, 0.15) is 33.4 Å². The van der Waals surface area contributed by atoms with E-state index in [1.807, 2.05) is 30.3 Å². The second-order valence-corrected chi connectivity index (χ2v) is 6.48. The molecule has 100 valence electrons. The highest BCUT2D eigenvalue weighted by Crippen LogP contribution is 2.36. The normalized spacial score (nSPS) is 15.4. The first-order chi connectivity index (χ1) is 9.81. The summed E-state index contributed by atoms with van der Waals surface area (Å²) in [6.07, 6.45) is 4.88. The summed E-state index contributed by atoms with van der Waals surface area (Å²) in [6.45, 7) is 0. The molecule has 1 aliphatic carbocycles. The molecule has 3 aromatic rings. The van der Waals surface area contributed by atoms with Crippen LogP contribution in [-0.4, -0.2) is 10.1 Å². The van der Waals surface area contributed by atoms with E-state index in [2.05, 4.69) is 11.1 Å². The van der Waals surface area contributed by atoms with Gasteiger partial charge in [0, 0.05) is 21.3 Å². The van der Waals surface area contributed by atoms with Gasteiger partial charge in [-0.05, 0) is 54.7 Å². The lowest BCUT2D eigenvalue weighted by atomic mass is 10.0. The Labute approximate surface area is 121 Å². The fourth-order valence-corrected chi connectivity index (χ4v) is 4.19. The van der Waals surface area contributed by atoms with Gasteiger partial charge < -0.3 is 5.11 Å². The molecule has 0 aliphatic heterocycles. The van der Waals surface area contributed by atoms with Crippen LogP contribution in [0, 0.1) is 0 Å². The van der Waals surface area contributed by atoms with Gasteiger partial charge in [0.25, 0.3) is 0 Å². The lowest BCUT2D eigenvalue weighted by Crippen LogP contribution is -1.97. The molecule has 0 spiro atoms. The van der Waals surface area contributed by atoms with Gasteiger partial charge >= 0.3 is 0 Å². The number of nitrogens with zero attached hydrogens (tertiary/aromatic N) is 1. The van der Waals surface area contributed by atoms with Crippen LogP contribution >= 0.6 is 11.3 Å². The molecule has 0 fully saturated rings. The van der Waals surface area contributed by atoms with Gasteiger partial charge in [0.2, 0.25) is 0 Å². The quantitative estimate of drug-likeness (QED) is 0.773. The third-order valence-corrected chi connectivity index (χ3v) is 5.27. The zero-order chi connectivity index (χ0) is 13.5. The van der Waals surface area contributed by atoms with Crippen LogP contribution in [-0.2, 0) is 12.8 Å². The molecular formula is C17H15NOS. The molecule has 1 atom stereocenters. The number of aryl methyl sites for hydroxylation is 2. The van der Waals surface area contributed by atoms with Crippen molar-refractivity contribution in [1.29, 1.82) is 0 Å². The van der Waals surface area contributed by atoms with Crippen molar-refractivity contribution in [2.75, 3.05) is 0 Å². The Kier molecular flexibility index (Phi) is 2.83. The molecular weight excluding hydrogens is 266 g/mol. The van der Waals surface area contributed by atoms with Gasteiger partial charge in [0.05, 0.1) is 5.52 Å². The summed E-state index contributed by atoms with van der Waals surface area (Å²) in [5, 5.41) is 11.7. The third-order valence-electron chi connectivity index (χ3n) is 3.98. The Bertz CT molecular complexity index is 756. The van der Waals surface area contributed by atoms with Crippen LogP contribution in [0.25, 0.3) is 10.9 Å². The van der Waals surface area contributed by atoms with E-state index in [4.69, 9.17) is 0 Å². The van der Waals surface area contributed by atoms with Gasteiger partial charge in [-0.2, -0.15) is 0 Å². The van der Waals surface area contributed by atoms with Crippen molar-refractivity contribution in [3.8, 4) is 0 Å². The van der Waals surface area contributed by atoms with Crippen LogP contribution < -0.4 is 0 Å². The number of thiophene rings is 1. The Morgan fingerprint density at radius 2 is 2.10 bits per heavy atom. The predicted molar refractivity (Wildman–Crippen MR) is 82.1 cm³/mol. The topological polar surface area (TPSA) is 33.1 Å². The van der Waals surface area contributed by atoms with Crippen molar-refractivity contribution in [2.45, 2.75) is 25.4 Å². The van der Waals surface area contributed by atoms with Crippen LogP contribution in [0.15, 0.2) is 42.6 Å². The predicted octanol–water partition coefficient (Wildman–Crippen LogP) is 3.87. The molecule has 1 unspecified atom stereocenters. The van der Waals surface area contributed by atoms with E-state index < -0.39 is 6.10 Å². The standard InChI is InChI=1S/C17H15NOS/c19-17(16-10-12-3-1-5-15(12)20-16)13-6-7-14-11(9-13)4-2-8-18-14/h2,4,6-10,17,19H,1,3,5H2. The smallest absolute Gasteiger partial charge is 0.113 e. The van der Waals surface area contributed by atoms with Gasteiger partial charge in [0.1, 0.15) is 6.10 Å². The Balaban J connectivity index is 1.73. The highest BCUT2D eigenvalue weighted by Gasteiger charge is 2.20. The molecule has 20 heavy (non-hydrogen) atoms. The lowest BCUT2D eigenvalue weighted by Gasteiger charge is -2.10. The number of hydrogen-bond acceptors (Lipinski definition) is 3. The zero-order valence-corrected chi connectivity index (χ0v) is 11.9. The van der Waals surface area contributed by atoms with Gasteiger partial charge in [-0.25, -0.2) is 0 Å². The largest absolute Gasteiger partial charge is 0.383 e. The minimum Gasteiger partial charge on any atom is -0.383 e. The van der Waals surface area contributed by atoms with Gasteiger partial charge in [-0.3, -0.25) is 4.98 Å². The third kappa shape index (κ3) is 1.94. The minimum absolute atomic E-state index is 0.518. The number of pyridine rings is 1. The minimum atomic E-state index is -0.518. The van der Waals surface area contributed by atoms with Crippen molar-refractivity contribution < 1.29 is 5.11 Å². The fourth-order valence-electron chi connectivity index (χ4n) is 2.92. The lowest BCUT2D eigenvalue weighted by molar-refractivity contribution is 0.224. The Morgan fingerprint density at radius 1 is 1.15 bits per heavy atom. The molecule has 1 aliphatic rings. The maximum absolute atomic E-state index is 10.6. The molecule has 2 nitrogen and oxygen atoms in total. The zero-order valence-electron chi connectivity index (χ0n) is 11.0. The average molecular weight is 281 g/mol. The molecule has 0 saturated heterocycles. The Morgan fingerprint density at radius 3 is 3.00 bits per heavy atom. The van der Waals surface area contributed by atoms with E-state index in [0.29, 0.717) is 0 Å². The Hall–Kier alpha value is -1.71. The fraction of sp³-hybridized carbons (Fsp3) is 0.235. The highest BCUT2D eigenvalue weighted by atomic mass is 32.1. The van der Waals surface area contributed by atoms with Gasteiger partial charge in [0.15, 0.2) is 0 Å². The van der Waals surface area contributed by atoms with Crippen molar-refractivity contribution in [1.82, 2.24) is 4.98 Å². The first kappa shape index (κ1) is 12.1. The number of aliphatic hydroxyl groups excluding tert-OH is 1. The average Bonchev–Trinajstić information content (AvgIpc) is 3.07. The monoisotopic (exact) mass is 281 g/mol. The first-order valence-electron chi connectivity index (χ1n) is 6.95. The van der Waals surface area contributed by atoms with Gasteiger partial charge in [-0.15, -0.1) is 11.3 Å². The van der Waals surface area contributed by atoms with E-state index in [-0.39, 0.29) is 0 Å². The van der Waals surface area contributed by atoms with E-state index in [0.717, 1.165) is 21.3 Å². The number of rotatable bonds is 2. The summed E-state index contributed by atoms with van der Waals surface area (Å²) in [5.74, 6) is 0. The molecule has 0 saturated carbocycles. The van der Waals surface area contributed by atoms with Crippen LogP contribution in [0.5, 0.6) is 0 Å². The molecule has 0 bridgehead atoms. The molecule has 4 rings (SSSR count). The van der Waals surface area contributed by atoms with Crippen molar-refractivity contribution in [3.63, 3.8) is 0 Å². The van der Waals surface area contributed by atoms with Crippen LogP contribution in [0.4, 0.5) is 0 Å². The molecule has 0 radical (unpaired) electrons. The van der Waals surface area contributed by atoms with E-state index in [9.17, 15) is 5.11 Å².